The molecule has 4 aromatic rings. The zero-order valence-electron chi connectivity index (χ0n) is 22.5. The molecule has 5 nitrogen and oxygen atoms in total. The van der Waals surface area contributed by atoms with Crippen LogP contribution in [0.25, 0.3) is 5.57 Å². The van der Waals surface area contributed by atoms with Crippen LogP contribution in [0.1, 0.15) is 49.2 Å². The Hall–Kier alpha value is -4.29. The highest BCUT2D eigenvalue weighted by atomic mass is 32.1. The van der Waals surface area contributed by atoms with Crippen LogP contribution in [-0.2, 0) is 10.2 Å². The summed E-state index contributed by atoms with van der Waals surface area (Å²) in [5, 5.41) is 4.97. The number of hydrogen-bond donors (Lipinski definition) is 1. The van der Waals surface area contributed by atoms with Crippen LogP contribution in [0.4, 0.5) is 11.4 Å². The average molecular weight is 545 g/mol. The van der Waals surface area contributed by atoms with Crippen molar-refractivity contribution in [1.29, 1.82) is 0 Å². The van der Waals surface area contributed by atoms with Crippen molar-refractivity contribution >= 4 is 45.8 Å². The number of para-hydroxylation sites is 1. The number of fused-ring (bicyclic) bond motifs is 6. The number of aryl methyl sites for hydroxylation is 2. The molecule has 0 radical (unpaired) electrons. The van der Waals surface area contributed by atoms with E-state index in [9.17, 15) is 14.4 Å². The van der Waals surface area contributed by atoms with Gasteiger partial charge < -0.3 is 10.2 Å². The first kappa shape index (κ1) is 24.7. The van der Waals surface area contributed by atoms with E-state index in [0.717, 1.165) is 33.5 Å². The minimum atomic E-state index is -1.29. The molecule has 6 heteroatoms. The van der Waals surface area contributed by atoms with E-state index in [1.54, 1.807) is 0 Å². The lowest BCUT2D eigenvalue weighted by Crippen LogP contribution is -2.51. The quantitative estimate of drug-likeness (QED) is 0.294. The van der Waals surface area contributed by atoms with Crippen molar-refractivity contribution in [2.24, 2.45) is 5.92 Å². The zero-order valence-corrected chi connectivity index (χ0v) is 23.3. The van der Waals surface area contributed by atoms with Gasteiger partial charge in [0.15, 0.2) is 11.6 Å². The number of carbonyl (C=O) groups is 3. The first-order valence-corrected chi connectivity index (χ1v) is 14.4. The number of thiophene rings is 1. The number of anilines is 2. The third kappa shape index (κ3) is 3.29. The number of nitrogens with zero attached hydrogens (tertiary/aromatic N) is 1. The average Bonchev–Trinajstić information content (AvgIpc) is 3.66. The van der Waals surface area contributed by atoms with Crippen molar-refractivity contribution in [3.63, 3.8) is 0 Å². The van der Waals surface area contributed by atoms with Crippen molar-refractivity contribution in [3.05, 3.63) is 123 Å². The molecule has 1 N–H and O–H groups in total. The van der Waals surface area contributed by atoms with Gasteiger partial charge in [-0.3, -0.25) is 14.4 Å². The van der Waals surface area contributed by atoms with Gasteiger partial charge in [-0.15, -0.1) is 11.3 Å². The molecule has 0 saturated carbocycles. The number of allylic oxidation sites excluding steroid dienone is 1. The molecule has 1 spiro atoms. The number of rotatable bonds is 4. The molecule has 40 heavy (non-hydrogen) atoms. The number of ketones is 2. The molecule has 1 saturated heterocycles. The number of benzene rings is 3. The van der Waals surface area contributed by atoms with Crippen molar-refractivity contribution in [2.75, 3.05) is 10.2 Å². The van der Waals surface area contributed by atoms with Gasteiger partial charge in [-0.1, -0.05) is 71.8 Å². The summed E-state index contributed by atoms with van der Waals surface area (Å²) in [7, 11) is 0. The molecule has 1 aromatic heterocycles. The Morgan fingerprint density at radius 1 is 0.875 bits per heavy atom. The van der Waals surface area contributed by atoms with E-state index in [1.165, 1.54) is 11.3 Å². The van der Waals surface area contributed by atoms with Crippen LogP contribution in [-0.4, -0.2) is 29.6 Å². The van der Waals surface area contributed by atoms with Gasteiger partial charge in [0.1, 0.15) is 11.5 Å². The van der Waals surface area contributed by atoms with Crippen molar-refractivity contribution in [2.45, 2.75) is 38.3 Å². The second-order valence-electron chi connectivity index (χ2n) is 11.1. The Kier molecular flexibility index (Phi) is 5.48. The predicted octanol–water partition coefficient (Wildman–Crippen LogP) is 6.61. The fourth-order valence-electron chi connectivity index (χ4n) is 7.01. The number of carbonyl (C=O) groups excluding carboxylic acids is 3. The smallest absolute Gasteiger partial charge is 0.238 e. The lowest BCUT2D eigenvalue weighted by molar-refractivity contribution is -0.121. The predicted molar refractivity (Wildman–Crippen MR) is 159 cm³/mol. The van der Waals surface area contributed by atoms with Crippen molar-refractivity contribution < 1.29 is 14.4 Å². The summed E-state index contributed by atoms with van der Waals surface area (Å²) in [5.74, 6) is -1.53. The van der Waals surface area contributed by atoms with Crippen molar-refractivity contribution in [1.82, 2.24) is 0 Å². The molecule has 3 aromatic carbocycles. The molecule has 0 aliphatic carbocycles. The number of amides is 1. The van der Waals surface area contributed by atoms with Gasteiger partial charge in [0, 0.05) is 22.5 Å². The molecule has 198 valence electrons. The maximum Gasteiger partial charge on any atom is 0.238 e. The summed E-state index contributed by atoms with van der Waals surface area (Å²) < 4.78 is 0. The second-order valence-corrected chi connectivity index (χ2v) is 12.0. The number of hydrogen-bond acceptors (Lipinski definition) is 5. The topological polar surface area (TPSA) is 66.5 Å². The van der Waals surface area contributed by atoms with E-state index in [1.807, 2.05) is 98.9 Å². The first-order valence-electron chi connectivity index (χ1n) is 13.5. The maximum absolute atomic E-state index is 14.8. The van der Waals surface area contributed by atoms with Gasteiger partial charge in [0.05, 0.1) is 16.8 Å². The van der Waals surface area contributed by atoms with E-state index in [4.69, 9.17) is 0 Å². The van der Waals surface area contributed by atoms with E-state index >= 15 is 0 Å². The molecule has 1 amide bonds. The van der Waals surface area contributed by atoms with E-state index in [2.05, 4.69) is 22.4 Å². The Balaban J connectivity index is 1.56. The molecular weight excluding hydrogens is 516 g/mol. The highest BCUT2D eigenvalue weighted by Crippen LogP contribution is 2.59. The van der Waals surface area contributed by atoms with Gasteiger partial charge in [-0.2, -0.15) is 0 Å². The molecule has 7 rings (SSSR count). The molecular formula is C34H28N2O3S. The lowest BCUT2D eigenvalue weighted by atomic mass is 9.64. The van der Waals surface area contributed by atoms with Crippen LogP contribution in [0.15, 0.2) is 90.3 Å². The Labute approximate surface area is 237 Å². The molecule has 3 aliphatic heterocycles. The van der Waals surface area contributed by atoms with Crippen molar-refractivity contribution in [3.8, 4) is 0 Å². The van der Waals surface area contributed by atoms with Gasteiger partial charge in [-0.05, 0) is 61.6 Å². The molecule has 4 heterocycles. The highest BCUT2D eigenvalue weighted by Gasteiger charge is 2.70. The van der Waals surface area contributed by atoms with Gasteiger partial charge >= 0.3 is 0 Å². The van der Waals surface area contributed by atoms with Crippen LogP contribution in [0, 0.1) is 19.8 Å². The monoisotopic (exact) mass is 544 g/mol. The Morgan fingerprint density at radius 2 is 1.62 bits per heavy atom. The molecule has 3 aliphatic rings. The van der Waals surface area contributed by atoms with Crippen LogP contribution >= 0.6 is 11.3 Å². The van der Waals surface area contributed by atoms with Crippen LogP contribution in [0.2, 0.25) is 0 Å². The summed E-state index contributed by atoms with van der Waals surface area (Å²) >= 11 is 1.37. The minimum absolute atomic E-state index is 0.140. The molecule has 0 bridgehead atoms. The maximum atomic E-state index is 14.8. The van der Waals surface area contributed by atoms with Gasteiger partial charge in [-0.25, -0.2) is 0 Å². The first-order chi connectivity index (χ1) is 19.3. The third-order valence-corrected chi connectivity index (χ3v) is 9.67. The van der Waals surface area contributed by atoms with Crippen LogP contribution < -0.4 is 10.2 Å². The Morgan fingerprint density at radius 3 is 2.38 bits per heavy atom. The highest BCUT2D eigenvalue weighted by molar-refractivity contribution is 7.12. The van der Waals surface area contributed by atoms with Crippen LogP contribution in [0.5, 0.6) is 0 Å². The second kappa shape index (κ2) is 8.86. The van der Waals surface area contributed by atoms with E-state index in [0.29, 0.717) is 16.1 Å². The zero-order chi connectivity index (χ0) is 27.8. The summed E-state index contributed by atoms with van der Waals surface area (Å²) in [5.41, 5.74) is 5.74. The number of nitrogens with one attached hydrogen (secondary N) is 1. The summed E-state index contributed by atoms with van der Waals surface area (Å²) in [4.78, 5) is 46.4. The fraction of sp³-hybridized carbons (Fsp3) is 0.206. The SMILES string of the molecule is CC1=C[C@H]2N(c3ccc(C)cc31)[C@@H](C(=O)c1cccs1)[C@@H](C(=O)c1ccc(C)cc1)[C@@]21C(=O)Nc2ccccc21. The molecule has 0 unspecified atom stereocenters. The van der Waals surface area contributed by atoms with Crippen LogP contribution in [0.3, 0.4) is 0 Å². The summed E-state index contributed by atoms with van der Waals surface area (Å²) in [6.45, 7) is 6.07. The number of Topliss-reactive ketones (excluding diaryl/α,β-unsaturated/α-hetero) is 2. The van der Waals surface area contributed by atoms with Gasteiger partial charge in [0.2, 0.25) is 5.91 Å². The minimum Gasteiger partial charge on any atom is -0.352 e. The summed E-state index contributed by atoms with van der Waals surface area (Å²) in [6, 6.07) is 23.5. The van der Waals surface area contributed by atoms with Gasteiger partial charge in [0.25, 0.3) is 0 Å². The summed E-state index contributed by atoms with van der Waals surface area (Å²) in [6.07, 6.45) is 2.10. The molecule has 4 atom stereocenters. The van der Waals surface area contributed by atoms with E-state index in [-0.39, 0.29) is 17.5 Å². The standard InChI is InChI=1S/C34H28N2O3S/c1-19-10-13-22(14-11-19)31(37)29-30(32(38)27-9-6-16-40-27)36-26-15-12-20(2)17-23(26)21(3)18-28(36)34(29)24-7-4-5-8-25(24)35-33(34)39/h4-18,28-30H,1-3H3,(H,35,39)/t28-,29+,30-,34+/m1/s1. The lowest BCUT2D eigenvalue weighted by Gasteiger charge is -2.39. The third-order valence-electron chi connectivity index (χ3n) is 8.78. The fourth-order valence-corrected chi connectivity index (χ4v) is 7.71. The normalized spacial score (nSPS) is 24.3. The van der Waals surface area contributed by atoms with E-state index < -0.39 is 23.4 Å². The molecule has 1 fully saturated rings. The largest absolute Gasteiger partial charge is 0.352 e. The Bertz CT molecular complexity index is 1740.